The van der Waals surface area contributed by atoms with Crippen LogP contribution >= 0.6 is 35.5 Å². The largest absolute Gasteiger partial charge is 0.484 e. The number of guanidine groups is 1. The second kappa shape index (κ2) is 12.8. The summed E-state index contributed by atoms with van der Waals surface area (Å²) in [6.45, 7) is 6.26. The Balaban J connectivity index is 0.00000363. The highest BCUT2D eigenvalue weighted by Crippen LogP contribution is 2.19. The lowest BCUT2D eigenvalue weighted by Gasteiger charge is -2.36. The molecule has 1 fully saturated rings. The van der Waals surface area contributed by atoms with Crippen molar-refractivity contribution in [3.8, 4) is 5.75 Å². The fraction of sp³-hybridized carbons (Fsp3) is 0.524. The fourth-order valence-corrected chi connectivity index (χ4v) is 3.96. The molecule has 0 radical (unpaired) electrons. The van der Waals surface area contributed by atoms with Crippen LogP contribution in [0.15, 0.2) is 29.3 Å². The SMILES string of the molecule is CCc1nsc(N2CCN(C(=NC)NCc3cccc(OCC(=O)N(C)C)c3)CC2)n1.I. The average Bonchev–Trinajstić information content (AvgIpc) is 3.28. The Morgan fingerprint density at radius 3 is 2.66 bits per heavy atom. The molecule has 0 bridgehead atoms. The van der Waals surface area contributed by atoms with E-state index in [-0.39, 0.29) is 36.5 Å². The third kappa shape index (κ3) is 7.19. The first-order valence-electron chi connectivity index (χ1n) is 10.4. The number of rotatable bonds is 7. The average molecular weight is 574 g/mol. The Morgan fingerprint density at radius 2 is 2.03 bits per heavy atom. The number of carbonyl (C=O) groups is 1. The molecule has 0 unspecified atom stereocenters. The fourth-order valence-electron chi connectivity index (χ4n) is 3.16. The summed E-state index contributed by atoms with van der Waals surface area (Å²) in [6.07, 6.45) is 0.866. The van der Waals surface area contributed by atoms with Gasteiger partial charge in [-0.3, -0.25) is 9.79 Å². The van der Waals surface area contributed by atoms with E-state index >= 15 is 0 Å². The van der Waals surface area contributed by atoms with Crippen LogP contribution in [0.5, 0.6) is 5.75 Å². The van der Waals surface area contributed by atoms with Crippen molar-refractivity contribution in [2.75, 3.05) is 58.8 Å². The van der Waals surface area contributed by atoms with Gasteiger partial charge < -0.3 is 24.8 Å². The molecule has 1 aromatic heterocycles. The number of ether oxygens (including phenoxy) is 1. The van der Waals surface area contributed by atoms with E-state index in [4.69, 9.17) is 4.74 Å². The number of carbonyl (C=O) groups excluding carboxylic acids is 1. The van der Waals surface area contributed by atoms with Crippen molar-refractivity contribution >= 4 is 52.5 Å². The maximum atomic E-state index is 11.7. The number of hydrogen-bond acceptors (Lipinski definition) is 7. The molecule has 11 heteroatoms. The van der Waals surface area contributed by atoms with Crippen molar-refractivity contribution in [1.82, 2.24) is 24.5 Å². The van der Waals surface area contributed by atoms with Crippen LogP contribution in [0.1, 0.15) is 18.3 Å². The monoisotopic (exact) mass is 573 g/mol. The van der Waals surface area contributed by atoms with Crippen LogP contribution in [0.3, 0.4) is 0 Å². The number of aliphatic imine (C=N–C) groups is 1. The number of anilines is 1. The standard InChI is InChI=1S/C21H31N7O2S.HI/c1-5-18-24-21(31-25-18)28-11-9-27(10-12-28)20(22-2)23-14-16-7-6-8-17(13-16)30-15-19(29)26(3)4;/h6-8,13H,5,9-12,14-15H2,1-4H3,(H,22,23);1H. The van der Waals surface area contributed by atoms with E-state index in [1.165, 1.54) is 16.4 Å². The van der Waals surface area contributed by atoms with E-state index < -0.39 is 0 Å². The summed E-state index contributed by atoms with van der Waals surface area (Å²) in [7, 11) is 5.24. The van der Waals surface area contributed by atoms with Crippen LogP contribution < -0.4 is 15.0 Å². The van der Waals surface area contributed by atoms with Gasteiger partial charge in [0.15, 0.2) is 12.6 Å². The topological polar surface area (TPSA) is 86.2 Å². The zero-order chi connectivity index (χ0) is 22.2. The number of nitrogens with one attached hydrogen (secondary N) is 1. The summed E-state index contributed by atoms with van der Waals surface area (Å²) in [5, 5.41) is 4.44. The van der Waals surface area contributed by atoms with Crippen LogP contribution in [-0.4, -0.2) is 85.0 Å². The van der Waals surface area contributed by atoms with Gasteiger partial charge in [-0.1, -0.05) is 19.1 Å². The summed E-state index contributed by atoms with van der Waals surface area (Å²) < 4.78 is 10.00. The molecule has 1 N–H and O–H groups in total. The molecule has 9 nitrogen and oxygen atoms in total. The lowest BCUT2D eigenvalue weighted by molar-refractivity contribution is -0.130. The van der Waals surface area contributed by atoms with Gasteiger partial charge in [-0.15, -0.1) is 24.0 Å². The lowest BCUT2D eigenvalue weighted by Crippen LogP contribution is -2.52. The van der Waals surface area contributed by atoms with Crippen LogP contribution in [0.2, 0.25) is 0 Å². The molecule has 0 aliphatic carbocycles. The van der Waals surface area contributed by atoms with Crippen LogP contribution in [0, 0.1) is 0 Å². The van der Waals surface area contributed by atoms with Crippen LogP contribution in [0.4, 0.5) is 5.13 Å². The van der Waals surface area contributed by atoms with Gasteiger partial charge in [-0.25, -0.2) is 4.98 Å². The van der Waals surface area contributed by atoms with E-state index in [1.54, 1.807) is 21.1 Å². The van der Waals surface area contributed by atoms with Crippen molar-refractivity contribution < 1.29 is 9.53 Å². The minimum absolute atomic E-state index is 0. The third-order valence-corrected chi connectivity index (χ3v) is 5.86. The molecule has 1 saturated heterocycles. The molecular weight excluding hydrogens is 541 g/mol. The predicted octanol–water partition coefficient (Wildman–Crippen LogP) is 2.08. The second-order valence-corrected chi connectivity index (χ2v) is 8.18. The number of aromatic nitrogens is 2. The first-order valence-corrected chi connectivity index (χ1v) is 11.2. The molecule has 3 rings (SSSR count). The molecule has 1 aromatic carbocycles. The summed E-state index contributed by atoms with van der Waals surface area (Å²) in [5.74, 6) is 2.40. The number of amides is 1. The molecule has 1 aliphatic heterocycles. The molecule has 1 amide bonds. The van der Waals surface area contributed by atoms with Gasteiger partial charge >= 0.3 is 0 Å². The number of hydrogen-bond donors (Lipinski definition) is 1. The highest BCUT2D eigenvalue weighted by Gasteiger charge is 2.22. The number of halogens is 1. The molecule has 0 atom stereocenters. The van der Waals surface area contributed by atoms with E-state index in [9.17, 15) is 4.79 Å². The smallest absolute Gasteiger partial charge is 0.259 e. The van der Waals surface area contributed by atoms with Crippen molar-refractivity contribution in [2.24, 2.45) is 4.99 Å². The van der Waals surface area contributed by atoms with Crippen LogP contribution in [0.25, 0.3) is 0 Å². The molecule has 0 saturated carbocycles. The number of aryl methyl sites for hydroxylation is 1. The molecule has 176 valence electrons. The second-order valence-electron chi connectivity index (χ2n) is 7.45. The third-order valence-electron chi connectivity index (χ3n) is 5.05. The molecule has 32 heavy (non-hydrogen) atoms. The minimum Gasteiger partial charge on any atom is -0.484 e. The Labute approximate surface area is 211 Å². The zero-order valence-electron chi connectivity index (χ0n) is 19.1. The minimum atomic E-state index is -0.0671. The summed E-state index contributed by atoms with van der Waals surface area (Å²) in [6, 6.07) is 7.76. The summed E-state index contributed by atoms with van der Waals surface area (Å²) >= 11 is 1.48. The quantitative estimate of drug-likeness (QED) is 0.309. The number of likely N-dealkylation sites (N-methyl/N-ethyl adjacent to an activating group) is 1. The lowest BCUT2D eigenvalue weighted by atomic mass is 10.2. The van der Waals surface area contributed by atoms with Crippen LogP contribution in [-0.2, 0) is 17.8 Å². The van der Waals surface area contributed by atoms with Gasteiger partial charge in [0.2, 0.25) is 5.13 Å². The maximum Gasteiger partial charge on any atom is 0.259 e. The maximum absolute atomic E-state index is 11.7. The molecular formula is C21H32IN7O2S. The van der Waals surface area contributed by atoms with E-state index in [0.717, 1.165) is 55.1 Å². The highest BCUT2D eigenvalue weighted by molar-refractivity contribution is 14.0. The van der Waals surface area contributed by atoms with Gasteiger partial charge in [0, 0.05) is 71.8 Å². The Morgan fingerprint density at radius 1 is 1.28 bits per heavy atom. The normalized spacial score (nSPS) is 14.1. The number of piperazine rings is 1. The molecule has 1 aliphatic rings. The Hall–Kier alpha value is -2.15. The van der Waals surface area contributed by atoms with E-state index in [0.29, 0.717) is 12.3 Å². The summed E-state index contributed by atoms with van der Waals surface area (Å²) in [4.78, 5) is 26.8. The Kier molecular flexibility index (Phi) is 10.4. The molecule has 2 heterocycles. The van der Waals surface area contributed by atoms with Gasteiger partial charge in [0.05, 0.1) is 0 Å². The van der Waals surface area contributed by atoms with Crippen molar-refractivity contribution in [3.05, 3.63) is 35.7 Å². The van der Waals surface area contributed by atoms with Crippen molar-refractivity contribution in [1.29, 1.82) is 0 Å². The van der Waals surface area contributed by atoms with Gasteiger partial charge in [-0.05, 0) is 17.7 Å². The van der Waals surface area contributed by atoms with E-state index in [1.807, 2.05) is 24.3 Å². The highest BCUT2D eigenvalue weighted by atomic mass is 127. The van der Waals surface area contributed by atoms with Crippen molar-refractivity contribution in [2.45, 2.75) is 19.9 Å². The molecule has 0 spiro atoms. The van der Waals surface area contributed by atoms with Crippen molar-refractivity contribution in [3.63, 3.8) is 0 Å². The van der Waals surface area contributed by atoms with Gasteiger partial charge in [0.1, 0.15) is 11.6 Å². The zero-order valence-corrected chi connectivity index (χ0v) is 22.2. The summed E-state index contributed by atoms with van der Waals surface area (Å²) in [5.41, 5.74) is 1.07. The Bertz CT molecular complexity index is 898. The number of nitrogens with zero attached hydrogens (tertiary/aromatic N) is 6. The van der Waals surface area contributed by atoms with Gasteiger partial charge in [-0.2, -0.15) is 4.37 Å². The first kappa shape index (κ1) is 26.1. The molecule has 2 aromatic rings. The predicted molar refractivity (Wildman–Crippen MR) is 139 cm³/mol. The van der Waals surface area contributed by atoms with Gasteiger partial charge in [0.25, 0.3) is 5.91 Å². The van der Waals surface area contributed by atoms with E-state index in [2.05, 4.69) is 36.4 Å². The number of benzene rings is 1. The first-order chi connectivity index (χ1) is 15.0.